The van der Waals surface area contributed by atoms with Crippen molar-refractivity contribution in [1.29, 1.82) is 0 Å². The lowest BCUT2D eigenvalue weighted by Crippen LogP contribution is -2.21. The fourth-order valence-corrected chi connectivity index (χ4v) is 4.99. The van der Waals surface area contributed by atoms with Gasteiger partial charge in [0, 0.05) is 34.9 Å². The van der Waals surface area contributed by atoms with Gasteiger partial charge in [-0.15, -0.1) is 0 Å². The standard InChI is InChI=1S/C23H24N5O3PS2/c29-23(28-19-3-1-2-17(14-19)22-24-12-13-25-22)27-18-6-10-20(11-7-18)33(30)26-15-16-4-8-21(9-5-16)34(31)32/h1-11,14,26H,12-13,15,32H2,(H,24,25)(H2,27,28,29). The maximum atomic E-state index is 12.5. The topological polar surface area (TPSA) is 112 Å². The number of benzene rings is 3. The Morgan fingerprint density at radius 1 is 0.941 bits per heavy atom. The van der Waals surface area contributed by atoms with Crippen molar-refractivity contribution in [3.05, 3.63) is 83.9 Å². The maximum Gasteiger partial charge on any atom is 0.323 e. The number of carbonyl (C=O) groups is 1. The van der Waals surface area contributed by atoms with E-state index in [0.29, 0.717) is 22.8 Å². The van der Waals surface area contributed by atoms with Crippen LogP contribution < -0.4 is 20.7 Å². The maximum absolute atomic E-state index is 12.5. The number of hydrogen-bond acceptors (Lipinski definition) is 5. The summed E-state index contributed by atoms with van der Waals surface area (Å²) in [5.74, 6) is 0.828. The molecule has 4 rings (SSSR count). The van der Waals surface area contributed by atoms with Crippen molar-refractivity contribution in [3.63, 3.8) is 0 Å². The van der Waals surface area contributed by atoms with Crippen molar-refractivity contribution in [1.82, 2.24) is 10.0 Å². The molecule has 0 saturated heterocycles. The summed E-state index contributed by atoms with van der Waals surface area (Å²) in [6.45, 7) is 1.97. The van der Waals surface area contributed by atoms with Gasteiger partial charge in [-0.1, -0.05) is 24.3 Å². The molecule has 3 atom stereocenters. The number of nitrogens with one attached hydrogen (secondary N) is 4. The number of urea groups is 1. The van der Waals surface area contributed by atoms with Gasteiger partial charge >= 0.3 is 6.03 Å². The Kier molecular flexibility index (Phi) is 8.18. The van der Waals surface area contributed by atoms with E-state index >= 15 is 0 Å². The van der Waals surface area contributed by atoms with Crippen molar-refractivity contribution in [2.75, 3.05) is 23.7 Å². The molecule has 11 heteroatoms. The third kappa shape index (κ3) is 6.57. The lowest BCUT2D eigenvalue weighted by Gasteiger charge is -2.10. The molecule has 0 fully saturated rings. The van der Waals surface area contributed by atoms with E-state index in [1.54, 1.807) is 36.4 Å². The first-order valence-electron chi connectivity index (χ1n) is 10.5. The summed E-state index contributed by atoms with van der Waals surface area (Å²) in [6.07, 6.45) is 0. The average Bonchev–Trinajstić information content (AvgIpc) is 3.38. The Labute approximate surface area is 205 Å². The number of carbonyl (C=O) groups excluding carboxylic acids is 1. The van der Waals surface area contributed by atoms with Crippen LogP contribution in [0, 0.1) is 0 Å². The Hall–Kier alpha value is -2.91. The SMILES string of the molecule is O=C(Nc1ccc(S(=O)NCc2ccc(S(=O)P)cc2)cc1)Nc1cccc(C2=NCCN2)c1. The third-order valence-electron chi connectivity index (χ3n) is 4.96. The second-order valence-electron chi connectivity index (χ2n) is 7.37. The molecule has 3 unspecified atom stereocenters. The molecule has 0 aliphatic carbocycles. The molecule has 0 aromatic heterocycles. The summed E-state index contributed by atoms with van der Waals surface area (Å²) >= 11 is 0. The molecule has 8 nitrogen and oxygen atoms in total. The predicted molar refractivity (Wildman–Crippen MR) is 141 cm³/mol. The molecule has 0 saturated carbocycles. The molecule has 1 aliphatic heterocycles. The van der Waals surface area contributed by atoms with E-state index in [0.717, 1.165) is 34.9 Å². The van der Waals surface area contributed by atoms with Crippen LogP contribution in [0.2, 0.25) is 0 Å². The minimum Gasteiger partial charge on any atom is -0.368 e. The van der Waals surface area contributed by atoms with Crippen LogP contribution in [0.3, 0.4) is 0 Å². The Morgan fingerprint density at radius 2 is 1.65 bits per heavy atom. The van der Waals surface area contributed by atoms with Gasteiger partial charge in [-0.2, -0.15) is 0 Å². The number of rotatable bonds is 8. The Morgan fingerprint density at radius 3 is 2.32 bits per heavy atom. The van der Waals surface area contributed by atoms with Crippen LogP contribution in [0.4, 0.5) is 16.2 Å². The van der Waals surface area contributed by atoms with Gasteiger partial charge in [-0.05, 0) is 62.5 Å². The predicted octanol–water partition coefficient (Wildman–Crippen LogP) is 3.39. The molecule has 3 aromatic carbocycles. The molecule has 0 spiro atoms. The lowest BCUT2D eigenvalue weighted by atomic mass is 10.2. The summed E-state index contributed by atoms with van der Waals surface area (Å²) < 4.78 is 26.9. The molecular weight excluding hydrogens is 489 g/mol. The van der Waals surface area contributed by atoms with Crippen LogP contribution in [-0.2, 0) is 27.9 Å². The fourth-order valence-electron chi connectivity index (χ4n) is 3.26. The van der Waals surface area contributed by atoms with Crippen LogP contribution in [0.15, 0.2) is 87.6 Å². The van der Waals surface area contributed by atoms with E-state index in [1.165, 1.54) is 0 Å². The van der Waals surface area contributed by atoms with Crippen molar-refractivity contribution in [2.24, 2.45) is 4.99 Å². The van der Waals surface area contributed by atoms with Crippen LogP contribution >= 0.6 is 8.44 Å². The second-order valence-corrected chi connectivity index (χ2v) is 11.0. The average molecular weight is 514 g/mol. The fraction of sp³-hybridized carbons (Fsp3) is 0.130. The first-order valence-corrected chi connectivity index (χ1v) is 14.2. The molecule has 3 aromatic rings. The number of anilines is 2. The smallest absolute Gasteiger partial charge is 0.323 e. The van der Waals surface area contributed by atoms with Gasteiger partial charge in [-0.25, -0.2) is 13.7 Å². The van der Waals surface area contributed by atoms with Crippen molar-refractivity contribution in [3.8, 4) is 0 Å². The first-order chi connectivity index (χ1) is 16.5. The summed E-state index contributed by atoms with van der Waals surface area (Å²) in [4.78, 5) is 18.1. The molecular formula is C23H24N5O3PS2. The number of hydrogen-bond donors (Lipinski definition) is 4. The lowest BCUT2D eigenvalue weighted by molar-refractivity contribution is 0.262. The molecule has 4 N–H and O–H groups in total. The van der Waals surface area contributed by atoms with Gasteiger partial charge in [0.2, 0.25) is 0 Å². The second kappa shape index (κ2) is 11.5. The Balaban J connectivity index is 1.29. The zero-order chi connectivity index (χ0) is 23.9. The van der Waals surface area contributed by atoms with Gasteiger partial charge in [0.1, 0.15) is 16.8 Å². The van der Waals surface area contributed by atoms with E-state index in [2.05, 4.69) is 34.1 Å². The molecule has 1 heterocycles. The molecule has 0 radical (unpaired) electrons. The summed E-state index contributed by atoms with van der Waals surface area (Å²) in [5.41, 5.74) is 3.09. The van der Waals surface area contributed by atoms with Crippen LogP contribution in [-0.4, -0.2) is 33.4 Å². The van der Waals surface area contributed by atoms with Gasteiger partial charge in [0.25, 0.3) is 0 Å². The van der Waals surface area contributed by atoms with Crippen molar-refractivity contribution < 1.29 is 13.2 Å². The minimum atomic E-state index is -1.41. The quantitative estimate of drug-likeness (QED) is 0.346. The van der Waals surface area contributed by atoms with Gasteiger partial charge < -0.3 is 16.0 Å². The van der Waals surface area contributed by atoms with Gasteiger partial charge in [0.05, 0.1) is 21.9 Å². The van der Waals surface area contributed by atoms with E-state index < -0.39 is 21.4 Å². The summed E-state index contributed by atoms with van der Waals surface area (Å²) in [6, 6.07) is 21.2. The largest absolute Gasteiger partial charge is 0.368 e. The summed E-state index contributed by atoms with van der Waals surface area (Å²) in [7, 11) is -0.269. The molecule has 0 bridgehead atoms. The van der Waals surface area contributed by atoms with E-state index in [1.807, 2.05) is 36.4 Å². The first kappa shape index (κ1) is 24.2. The summed E-state index contributed by atoms with van der Waals surface area (Å²) in [5, 5.41) is 8.80. The number of aliphatic imine (C=N–C) groups is 1. The monoisotopic (exact) mass is 513 g/mol. The highest BCUT2D eigenvalue weighted by atomic mass is 32.7. The van der Waals surface area contributed by atoms with Crippen molar-refractivity contribution in [2.45, 2.75) is 16.3 Å². The van der Waals surface area contributed by atoms with Crippen LogP contribution in [0.25, 0.3) is 0 Å². The van der Waals surface area contributed by atoms with E-state index in [4.69, 9.17) is 0 Å². The van der Waals surface area contributed by atoms with E-state index in [9.17, 15) is 13.2 Å². The molecule has 1 aliphatic rings. The minimum absolute atomic E-state index is 0.375. The molecule has 176 valence electrons. The van der Waals surface area contributed by atoms with E-state index in [-0.39, 0.29) is 6.03 Å². The third-order valence-corrected chi connectivity index (χ3v) is 7.62. The van der Waals surface area contributed by atoms with Gasteiger partial charge in [-0.3, -0.25) is 9.20 Å². The highest BCUT2D eigenvalue weighted by molar-refractivity contribution is 8.33. The molecule has 2 amide bonds. The highest BCUT2D eigenvalue weighted by Crippen LogP contribution is 2.16. The highest BCUT2D eigenvalue weighted by Gasteiger charge is 2.10. The van der Waals surface area contributed by atoms with Crippen LogP contribution in [0.5, 0.6) is 0 Å². The molecule has 34 heavy (non-hydrogen) atoms. The number of amidine groups is 1. The van der Waals surface area contributed by atoms with Crippen LogP contribution in [0.1, 0.15) is 11.1 Å². The zero-order valence-corrected chi connectivity index (χ0v) is 20.9. The number of amides is 2. The Bertz CT molecular complexity index is 1250. The zero-order valence-electron chi connectivity index (χ0n) is 18.1. The van der Waals surface area contributed by atoms with Gasteiger partial charge in [0.15, 0.2) is 0 Å². The van der Waals surface area contributed by atoms with Crippen molar-refractivity contribution >= 4 is 53.1 Å². The number of nitrogens with zero attached hydrogens (tertiary/aromatic N) is 1. The normalized spacial score (nSPS) is 14.6.